The molecule has 0 aliphatic carbocycles. The van der Waals surface area contributed by atoms with E-state index >= 15 is 0 Å². The molecule has 1 N–H and O–H groups in total. The minimum atomic E-state index is -0.396. The van der Waals surface area contributed by atoms with E-state index < -0.39 is 6.10 Å². The summed E-state index contributed by atoms with van der Waals surface area (Å²) in [4.78, 5) is 2.29. The van der Waals surface area contributed by atoms with Crippen molar-refractivity contribution in [1.29, 1.82) is 0 Å². The first-order valence-electron chi connectivity index (χ1n) is 4.90. The van der Waals surface area contributed by atoms with Gasteiger partial charge in [0.15, 0.2) is 0 Å². The van der Waals surface area contributed by atoms with Crippen LogP contribution in [-0.4, -0.2) is 48.5 Å². The maximum atomic E-state index is 9.66. The summed E-state index contributed by atoms with van der Waals surface area (Å²) < 4.78 is 5.48. The van der Waals surface area contributed by atoms with Gasteiger partial charge in [0.1, 0.15) is 0 Å². The number of hydrogen-bond donors (Lipinski definition) is 1. The van der Waals surface area contributed by atoms with E-state index in [4.69, 9.17) is 4.74 Å². The van der Waals surface area contributed by atoms with Gasteiger partial charge in [-0.2, -0.15) is 0 Å². The Hall–Kier alpha value is -0.380. The Morgan fingerprint density at radius 1 is 1.77 bits per heavy atom. The molecular weight excluding hydrogens is 166 g/mol. The summed E-state index contributed by atoms with van der Waals surface area (Å²) in [5.41, 5.74) is 0. The van der Waals surface area contributed by atoms with Gasteiger partial charge >= 0.3 is 0 Å². The van der Waals surface area contributed by atoms with Crippen LogP contribution in [-0.2, 0) is 4.74 Å². The van der Waals surface area contributed by atoms with Crippen molar-refractivity contribution < 1.29 is 9.84 Å². The van der Waals surface area contributed by atoms with E-state index in [1.165, 1.54) is 0 Å². The normalized spacial score (nSPS) is 27.1. The van der Waals surface area contributed by atoms with Crippen LogP contribution in [0, 0.1) is 0 Å². The van der Waals surface area contributed by atoms with Crippen LogP contribution >= 0.6 is 0 Å². The van der Waals surface area contributed by atoms with E-state index in [1.54, 1.807) is 6.08 Å². The van der Waals surface area contributed by atoms with Crippen LogP contribution in [0.2, 0.25) is 0 Å². The molecule has 3 nitrogen and oxygen atoms in total. The topological polar surface area (TPSA) is 32.7 Å². The smallest absolute Gasteiger partial charge is 0.0964 e. The van der Waals surface area contributed by atoms with Crippen LogP contribution in [0.3, 0.4) is 0 Å². The number of nitrogens with zero attached hydrogens (tertiary/aromatic N) is 1. The van der Waals surface area contributed by atoms with Gasteiger partial charge in [0.05, 0.1) is 18.8 Å². The number of rotatable bonds is 4. The van der Waals surface area contributed by atoms with Crippen molar-refractivity contribution in [2.45, 2.75) is 25.6 Å². The van der Waals surface area contributed by atoms with Crippen LogP contribution in [0.5, 0.6) is 0 Å². The Balaban J connectivity index is 2.36. The van der Waals surface area contributed by atoms with E-state index in [0.29, 0.717) is 6.42 Å². The number of likely N-dealkylation sites (N-methyl/N-ethyl adjacent to an activating group) is 1. The number of ether oxygens (including phenoxy) is 1. The second-order valence-electron chi connectivity index (χ2n) is 3.39. The zero-order valence-electron chi connectivity index (χ0n) is 8.28. The van der Waals surface area contributed by atoms with Gasteiger partial charge in [0.2, 0.25) is 0 Å². The number of morpholine rings is 1. The molecule has 2 atom stereocenters. The highest BCUT2D eigenvalue weighted by molar-refractivity contribution is 4.82. The average molecular weight is 185 g/mol. The van der Waals surface area contributed by atoms with Gasteiger partial charge in [-0.3, -0.25) is 4.90 Å². The molecule has 0 aromatic rings. The molecule has 1 heterocycles. The van der Waals surface area contributed by atoms with Crippen molar-refractivity contribution in [2.75, 3.05) is 26.2 Å². The molecule has 0 aromatic carbocycles. The van der Waals surface area contributed by atoms with E-state index in [9.17, 15) is 5.11 Å². The molecule has 1 aliphatic heterocycles. The fourth-order valence-electron chi connectivity index (χ4n) is 1.57. The lowest BCUT2D eigenvalue weighted by Crippen LogP contribution is -2.47. The predicted octanol–water partition coefficient (Wildman–Crippen LogP) is 0.644. The summed E-state index contributed by atoms with van der Waals surface area (Å²) >= 11 is 0. The van der Waals surface area contributed by atoms with Gasteiger partial charge in [-0.15, -0.1) is 6.58 Å². The van der Waals surface area contributed by atoms with E-state index in [2.05, 4.69) is 18.4 Å². The van der Waals surface area contributed by atoms with Crippen molar-refractivity contribution in [1.82, 2.24) is 4.90 Å². The maximum absolute atomic E-state index is 9.66. The molecule has 3 heteroatoms. The van der Waals surface area contributed by atoms with Crippen LogP contribution in [0.4, 0.5) is 0 Å². The van der Waals surface area contributed by atoms with Crippen molar-refractivity contribution in [3.63, 3.8) is 0 Å². The maximum Gasteiger partial charge on any atom is 0.0964 e. The molecule has 0 radical (unpaired) electrons. The first-order chi connectivity index (χ1) is 6.27. The van der Waals surface area contributed by atoms with E-state index in [-0.39, 0.29) is 6.10 Å². The Labute approximate surface area is 80.0 Å². The van der Waals surface area contributed by atoms with Crippen LogP contribution in [0.15, 0.2) is 12.7 Å². The lowest BCUT2D eigenvalue weighted by atomic mass is 10.1. The van der Waals surface area contributed by atoms with E-state index in [1.807, 2.05) is 0 Å². The highest BCUT2D eigenvalue weighted by Gasteiger charge is 2.24. The first kappa shape index (κ1) is 10.7. The highest BCUT2D eigenvalue weighted by Crippen LogP contribution is 2.11. The Morgan fingerprint density at radius 2 is 2.54 bits per heavy atom. The fraction of sp³-hybridized carbons (Fsp3) is 0.800. The van der Waals surface area contributed by atoms with Crippen molar-refractivity contribution in [3.8, 4) is 0 Å². The summed E-state index contributed by atoms with van der Waals surface area (Å²) in [6, 6.07) is 0. The lowest BCUT2D eigenvalue weighted by Gasteiger charge is -2.34. The van der Waals surface area contributed by atoms with Gasteiger partial charge in [-0.1, -0.05) is 13.0 Å². The number of aliphatic hydroxyl groups excluding tert-OH is 1. The van der Waals surface area contributed by atoms with Crippen molar-refractivity contribution in [2.24, 2.45) is 0 Å². The molecule has 0 aromatic heterocycles. The second-order valence-corrected chi connectivity index (χ2v) is 3.39. The lowest BCUT2D eigenvalue weighted by molar-refractivity contribution is -0.0860. The standard InChI is InChI=1S/C10H19NO2/c1-3-5-9(12)10-8-11(4-2)6-7-13-10/h3,9-10,12H,1,4-8H2,2H3. The molecule has 1 aliphatic rings. The molecule has 1 fully saturated rings. The Morgan fingerprint density at radius 3 is 3.15 bits per heavy atom. The summed E-state index contributed by atoms with van der Waals surface area (Å²) in [5, 5.41) is 9.66. The molecule has 2 unspecified atom stereocenters. The minimum Gasteiger partial charge on any atom is -0.390 e. The fourth-order valence-corrected chi connectivity index (χ4v) is 1.57. The Kier molecular flexibility index (Phi) is 4.42. The molecule has 13 heavy (non-hydrogen) atoms. The highest BCUT2D eigenvalue weighted by atomic mass is 16.5. The third-order valence-electron chi connectivity index (χ3n) is 2.46. The van der Waals surface area contributed by atoms with Gasteiger partial charge in [-0.05, 0) is 13.0 Å². The van der Waals surface area contributed by atoms with Gasteiger partial charge in [-0.25, -0.2) is 0 Å². The second kappa shape index (κ2) is 5.37. The number of aliphatic hydroxyl groups is 1. The molecule has 0 amide bonds. The monoisotopic (exact) mass is 185 g/mol. The summed E-state index contributed by atoms with van der Waals surface area (Å²) in [6.45, 7) is 9.31. The molecule has 1 rings (SSSR count). The average Bonchev–Trinajstić information content (AvgIpc) is 2.18. The van der Waals surface area contributed by atoms with Crippen LogP contribution in [0.25, 0.3) is 0 Å². The summed E-state index contributed by atoms with van der Waals surface area (Å²) in [6.07, 6.45) is 1.92. The molecule has 0 spiro atoms. The van der Waals surface area contributed by atoms with Gasteiger partial charge < -0.3 is 9.84 Å². The largest absolute Gasteiger partial charge is 0.390 e. The molecular formula is C10H19NO2. The molecule has 0 saturated carbocycles. The van der Waals surface area contributed by atoms with Crippen molar-refractivity contribution >= 4 is 0 Å². The Bertz CT molecular complexity index is 161. The zero-order valence-corrected chi connectivity index (χ0v) is 8.28. The third kappa shape index (κ3) is 3.10. The third-order valence-corrected chi connectivity index (χ3v) is 2.46. The van der Waals surface area contributed by atoms with Gasteiger partial charge in [0.25, 0.3) is 0 Å². The minimum absolute atomic E-state index is 0.0355. The van der Waals surface area contributed by atoms with Crippen LogP contribution < -0.4 is 0 Å². The summed E-state index contributed by atoms with van der Waals surface area (Å²) in [7, 11) is 0. The van der Waals surface area contributed by atoms with Crippen LogP contribution in [0.1, 0.15) is 13.3 Å². The van der Waals surface area contributed by atoms with Crippen molar-refractivity contribution in [3.05, 3.63) is 12.7 Å². The number of hydrogen-bond acceptors (Lipinski definition) is 3. The molecule has 76 valence electrons. The first-order valence-corrected chi connectivity index (χ1v) is 4.90. The SMILES string of the molecule is C=CCC(O)C1CN(CC)CCO1. The quantitative estimate of drug-likeness (QED) is 0.653. The zero-order chi connectivity index (χ0) is 9.68. The van der Waals surface area contributed by atoms with Gasteiger partial charge in [0, 0.05) is 13.1 Å². The molecule has 0 bridgehead atoms. The summed E-state index contributed by atoms with van der Waals surface area (Å²) in [5.74, 6) is 0. The van der Waals surface area contributed by atoms with E-state index in [0.717, 1.165) is 26.2 Å². The molecule has 1 saturated heterocycles. The predicted molar refractivity (Wildman–Crippen MR) is 52.7 cm³/mol.